The predicted octanol–water partition coefficient (Wildman–Crippen LogP) is 4.13. The van der Waals surface area contributed by atoms with Crippen molar-refractivity contribution in [2.75, 3.05) is 6.26 Å². The molecule has 3 rings (SSSR count). The Labute approximate surface area is 151 Å². The zero-order valence-corrected chi connectivity index (χ0v) is 15.5. The van der Waals surface area contributed by atoms with E-state index < -0.39 is 20.4 Å². The third-order valence-electron chi connectivity index (χ3n) is 4.76. The van der Waals surface area contributed by atoms with Crippen LogP contribution in [0.1, 0.15) is 29.8 Å². The van der Waals surface area contributed by atoms with Gasteiger partial charge < -0.3 is 0 Å². The molecule has 1 aromatic heterocycles. The summed E-state index contributed by atoms with van der Waals surface area (Å²) in [5.41, 5.74) is 2.46. The van der Waals surface area contributed by atoms with E-state index in [9.17, 15) is 17.6 Å². The van der Waals surface area contributed by atoms with Crippen LogP contribution in [0.5, 0.6) is 0 Å². The monoisotopic (exact) mass is 371 g/mol. The van der Waals surface area contributed by atoms with E-state index in [0.717, 1.165) is 5.39 Å². The SMILES string of the molecule is CC(C)(c1cc(-c2ccc(F)c(C=O)c2)c2ncccc2c1)S(C)(=O)=O. The van der Waals surface area contributed by atoms with Crippen LogP contribution in [0.4, 0.5) is 4.39 Å². The smallest absolute Gasteiger partial charge is 0.156 e. The molecular weight excluding hydrogens is 353 g/mol. The van der Waals surface area contributed by atoms with Gasteiger partial charge in [-0.05, 0) is 55.3 Å². The van der Waals surface area contributed by atoms with Crippen molar-refractivity contribution in [3.63, 3.8) is 0 Å². The van der Waals surface area contributed by atoms with Gasteiger partial charge in [-0.15, -0.1) is 0 Å². The number of fused-ring (bicyclic) bond motifs is 1. The minimum absolute atomic E-state index is 0.0562. The van der Waals surface area contributed by atoms with Gasteiger partial charge in [0.25, 0.3) is 0 Å². The molecule has 0 amide bonds. The summed E-state index contributed by atoms with van der Waals surface area (Å²) in [5, 5.41) is 0.772. The Morgan fingerprint density at radius 3 is 2.50 bits per heavy atom. The van der Waals surface area contributed by atoms with E-state index >= 15 is 0 Å². The Morgan fingerprint density at radius 1 is 1.12 bits per heavy atom. The highest BCUT2D eigenvalue weighted by molar-refractivity contribution is 7.91. The van der Waals surface area contributed by atoms with Gasteiger partial charge in [0, 0.05) is 23.4 Å². The Balaban J connectivity index is 2.36. The molecule has 0 saturated heterocycles. The second-order valence-electron chi connectivity index (χ2n) is 6.74. The quantitative estimate of drug-likeness (QED) is 0.647. The second-order valence-corrected chi connectivity index (χ2v) is 9.30. The third-order valence-corrected chi connectivity index (χ3v) is 6.85. The van der Waals surface area contributed by atoms with Crippen molar-refractivity contribution in [3.05, 3.63) is 65.6 Å². The maximum atomic E-state index is 13.7. The molecule has 0 radical (unpaired) electrons. The van der Waals surface area contributed by atoms with Crippen LogP contribution in [-0.4, -0.2) is 25.9 Å². The summed E-state index contributed by atoms with van der Waals surface area (Å²) in [7, 11) is -3.38. The van der Waals surface area contributed by atoms with Crippen LogP contribution in [0.15, 0.2) is 48.7 Å². The van der Waals surface area contributed by atoms with E-state index in [1.165, 1.54) is 18.4 Å². The first kappa shape index (κ1) is 18.2. The topological polar surface area (TPSA) is 64.1 Å². The fraction of sp³-hybridized carbons (Fsp3) is 0.200. The van der Waals surface area contributed by atoms with E-state index in [-0.39, 0.29) is 5.56 Å². The molecule has 6 heteroatoms. The van der Waals surface area contributed by atoms with Gasteiger partial charge in [0.2, 0.25) is 0 Å². The summed E-state index contributed by atoms with van der Waals surface area (Å²) in [6.07, 6.45) is 3.29. The Kier molecular flexibility index (Phi) is 4.40. The average Bonchev–Trinajstić information content (AvgIpc) is 2.60. The lowest BCUT2D eigenvalue weighted by molar-refractivity contribution is 0.112. The highest BCUT2D eigenvalue weighted by atomic mass is 32.2. The molecule has 0 fully saturated rings. The van der Waals surface area contributed by atoms with Crippen molar-refractivity contribution >= 4 is 27.0 Å². The molecule has 0 aliphatic rings. The molecule has 0 atom stereocenters. The lowest BCUT2D eigenvalue weighted by Gasteiger charge is -2.24. The number of rotatable bonds is 4. The Morgan fingerprint density at radius 2 is 1.85 bits per heavy atom. The van der Waals surface area contributed by atoms with Crippen molar-refractivity contribution < 1.29 is 17.6 Å². The Bertz CT molecular complexity index is 1120. The maximum Gasteiger partial charge on any atom is 0.156 e. The fourth-order valence-electron chi connectivity index (χ4n) is 2.78. The van der Waals surface area contributed by atoms with Crippen LogP contribution < -0.4 is 0 Å². The van der Waals surface area contributed by atoms with Crippen LogP contribution >= 0.6 is 0 Å². The first-order valence-electron chi connectivity index (χ1n) is 7.99. The second kappa shape index (κ2) is 6.29. The van der Waals surface area contributed by atoms with Crippen LogP contribution in [0.25, 0.3) is 22.0 Å². The minimum Gasteiger partial charge on any atom is -0.298 e. The van der Waals surface area contributed by atoms with E-state index in [0.29, 0.717) is 28.5 Å². The van der Waals surface area contributed by atoms with Gasteiger partial charge in [-0.3, -0.25) is 9.78 Å². The minimum atomic E-state index is -3.38. The summed E-state index contributed by atoms with van der Waals surface area (Å²) in [6, 6.07) is 11.4. The number of aromatic nitrogens is 1. The fourth-order valence-corrected chi connectivity index (χ4v) is 3.32. The molecule has 134 valence electrons. The number of pyridine rings is 1. The number of aldehydes is 1. The van der Waals surface area contributed by atoms with E-state index in [1.807, 2.05) is 6.07 Å². The number of hydrogen-bond donors (Lipinski definition) is 0. The molecule has 0 saturated carbocycles. The zero-order chi connectivity index (χ0) is 19.1. The standard InChI is InChI=1S/C20H18FNO3S/c1-20(2,26(3,24)25)16-10-14-5-4-8-22-19(14)17(11-16)13-6-7-18(21)15(9-13)12-23/h4-12H,1-3H3. The molecule has 0 bridgehead atoms. The Hall–Kier alpha value is -2.60. The lowest BCUT2D eigenvalue weighted by Crippen LogP contribution is -2.28. The summed E-state index contributed by atoms with van der Waals surface area (Å²) in [4.78, 5) is 15.5. The van der Waals surface area contributed by atoms with Crippen molar-refractivity contribution in [2.45, 2.75) is 18.6 Å². The molecule has 3 aromatic rings. The van der Waals surface area contributed by atoms with Crippen LogP contribution in [0, 0.1) is 5.82 Å². The highest BCUT2D eigenvalue weighted by Crippen LogP contribution is 2.36. The van der Waals surface area contributed by atoms with E-state index in [2.05, 4.69) is 4.98 Å². The predicted molar refractivity (Wildman–Crippen MR) is 100 cm³/mol. The number of benzene rings is 2. The molecule has 0 N–H and O–H groups in total. The molecule has 0 aliphatic carbocycles. The number of halogens is 1. The van der Waals surface area contributed by atoms with Gasteiger partial charge in [0.05, 0.1) is 15.8 Å². The molecule has 1 heterocycles. The number of carbonyl (C=O) groups is 1. The van der Waals surface area contributed by atoms with Crippen molar-refractivity contribution in [1.29, 1.82) is 0 Å². The van der Waals surface area contributed by atoms with Crippen LogP contribution in [-0.2, 0) is 14.6 Å². The van der Waals surface area contributed by atoms with Gasteiger partial charge in [-0.1, -0.05) is 12.1 Å². The first-order chi connectivity index (χ1) is 12.1. The number of carbonyl (C=O) groups excluding carboxylic acids is 1. The van der Waals surface area contributed by atoms with Gasteiger partial charge in [-0.25, -0.2) is 12.8 Å². The number of nitrogens with zero attached hydrogens (tertiary/aromatic N) is 1. The first-order valence-corrected chi connectivity index (χ1v) is 9.88. The van der Waals surface area contributed by atoms with Gasteiger partial charge in [-0.2, -0.15) is 0 Å². The number of sulfone groups is 1. The van der Waals surface area contributed by atoms with Crippen molar-refractivity contribution in [1.82, 2.24) is 4.98 Å². The summed E-state index contributed by atoms with van der Waals surface area (Å²) in [6.45, 7) is 3.29. The van der Waals surface area contributed by atoms with Gasteiger partial charge in [0.15, 0.2) is 16.1 Å². The highest BCUT2D eigenvalue weighted by Gasteiger charge is 2.33. The largest absolute Gasteiger partial charge is 0.298 e. The molecule has 0 aliphatic heterocycles. The normalized spacial score (nSPS) is 12.3. The third kappa shape index (κ3) is 3.01. The zero-order valence-electron chi connectivity index (χ0n) is 14.7. The van der Waals surface area contributed by atoms with Gasteiger partial charge >= 0.3 is 0 Å². The van der Waals surface area contributed by atoms with Crippen molar-refractivity contribution in [3.8, 4) is 11.1 Å². The summed E-state index contributed by atoms with van der Waals surface area (Å²) >= 11 is 0. The lowest BCUT2D eigenvalue weighted by atomic mass is 9.93. The van der Waals surface area contributed by atoms with Gasteiger partial charge in [0.1, 0.15) is 5.82 Å². The van der Waals surface area contributed by atoms with Crippen LogP contribution in [0.3, 0.4) is 0 Å². The molecule has 4 nitrogen and oxygen atoms in total. The summed E-state index contributed by atoms with van der Waals surface area (Å²) < 4.78 is 37.1. The van der Waals surface area contributed by atoms with Crippen LogP contribution in [0.2, 0.25) is 0 Å². The molecule has 2 aromatic carbocycles. The van der Waals surface area contributed by atoms with E-state index in [4.69, 9.17) is 0 Å². The van der Waals surface area contributed by atoms with E-state index in [1.54, 1.807) is 44.3 Å². The van der Waals surface area contributed by atoms with Crippen molar-refractivity contribution in [2.24, 2.45) is 0 Å². The number of hydrogen-bond acceptors (Lipinski definition) is 4. The molecular formula is C20H18FNO3S. The maximum absolute atomic E-state index is 13.7. The summed E-state index contributed by atoms with van der Waals surface area (Å²) in [5.74, 6) is -0.603. The molecule has 26 heavy (non-hydrogen) atoms. The average molecular weight is 371 g/mol. The molecule has 0 unspecified atom stereocenters. The molecule has 0 spiro atoms.